The largest absolute Gasteiger partial charge is 0.419 e. The highest BCUT2D eigenvalue weighted by Gasteiger charge is 2.34. The average molecular weight is 280 g/mol. The quantitative estimate of drug-likeness (QED) is 0.609. The second-order valence-corrected chi connectivity index (χ2v) is 11.1. The Kier molecular flexibility index (Phi) is 4.60. The SMILES string of the molecule is Cc1c(C(F)(F)F)cnn1COCC[Si](C)(C)C. The molecule has 7 heteroatoms. The summed E-state index contributed by atoms with van der Waals surface area (Å²) in [4.78, 5) is 0. The molecule has 0 saturated heterocycles. The molecule has 0 aliphatic rings. The van der Waals surface area contributed by atoms with Crippen LogP contribution in [0.3, 0.4) is 0 Å². The zero-order chi connectivity index (χ0) is 14.0. The van der Waals surface area contributed by atoms with E-state index in [1.807, 2.05) is 0 Å². The zero-order valence-electron chi connectivity index (χ0n) is 11.1. The molecule has 1 aromatic rings. The molecule has 18 heavy (non-hydrogen) atoms. The van der Waals surface area contributed by atoms with Crippen LogP contribution in [-0.2, 0) is 17.6 Å². The van der Waals surface area contributed by atoms with E-state index in [0.29, 0.717) is 6.61 Å². The molecule has 1 rings (SSSR count). The van der Waals surface area contributed by atoms with E-state index >= 15 is 0 Å². The fraction of sp³-hybridized carbons (Fsp3) is 0.727. The molecule has 0 amide bonds. The lowest BCUT2D eigenvalue weighted by molar-refractivity contribution is -0.138. The predicted molar refractivity (Wildman–Crippen MR) is 66.1 cm³/mol. The third-order valence-corrected chi connectivity index (χ3v) is 4.32. The summed E-state index contributed by atoms with van der Waals surface area (Å²) in [5.41, 5.74) is -0.605. The van der Waals surface area contributed by atoms with Crippen molar-refractivity contribution in [2.75, 3.05) is 6.61 Å². The maximum atomic E-state index is 12.5. The van der Waals surface area contributed by atoms with Crippen LogP contribution in [0.4, 0.5) is 13.2 Å². The Hall–Kier alpha value is -0.823. The standard InChI is InChI=1S/C11H19F3N2OSi/c1-9-10(11(12,13)14)7-15-16(9)8-17-5-6-18(2,3)4/h7H,5-6,8H2,1-4H3. The second-order valence-electron chi connectivity index (χ2n) is 5.49. The van der Waals surface area contributed by atoms with Crippen LogP contribution in [0.15, 0.2) is 6.20 Å². The summed E-state index contributed by atoms with van der Waals surface area (Å²) >= 11 is 0. The van der Waals surface area contributed by atoms with E-state index in [4.69, 9.17) is 4.74 Å². The van der Waals surface area contributed by atoms with Crippen molar-refractivity contribution in [2.24, 2.45) is 0 Å². The molecule has 0 aliphatic carbocycles. The van der Waals surface area contributed by atoms with E-state index in [0.717, 1.165) is 12.2 Å². The highest BCUT2D eigenvalue weighted by Crippen LogP contribution is 2.31. The van der Waals surface area contributed by atoms with Crippen LogP contribution in [0.25, 0.3) is 0 Å². The number of hydrogen-bond donors (Lipinski definition) is 0. The van der Waals surface area contributed by atoms with Crippen LogP contribution in [0.1, 0.15) is 11.3 Å². The number of hydrogen-bond acceptors (Lipinski definition) is 2. The first-order chi connectivity index (χ1) is 8.11. The first-order valence-electron chi connectivity index (χ1n) is 5.78. The van der Waals surface area contributed by atoms with E-state index in [1.165, 1.54) is 11.6 Å². The summed E-state index contributed by atoms with van der Waals surface area (Å²) in [5, 5.41) is 3.70. The summed E-state index contributed by atoms with van der Waals surface area (Å²) < 4.78 is 44.2. The third kappa shape index (κ3) is 4.45. The summed E-state index contributed by atoms with van der Waals surface area (Å²) in [6.07, 6.45) is -3.50. The first-order valence-corrected chi connectivity index (χ1v) is 9.49. The Morgan fingerprint density at radius 1 is 1.33 bits per heavy atom. The van der Waals surface area contributed by atoms with Crippen LogP contribution in [-0.4, -0.2) is 24.5 Å². The van der Waals surface area contributed by atoms with Gasteiger partial charge in [0.25, 0.3) is 0 Å². The van der Waals surface area contributed by atoms with Gasteiger partial charge in [-0.15, -0.1) is 0 Å². The number of rotatable bonds is 5. The van der Waals surface area contributed by atoms with Crippen molar-refractivity contribution >= 4 is 8.07 Å². The van der Waals surface area contributed by atoms with Crippen molar-refractivity contribution in [1.82, 2.24) is 9.78 Å². The van der Waals surface area contributed by atoms with Crippen LogP contribution in [0.5, 0.6) is 0 Å². The van der Waals surface area contributed by atoms with E-state index in [9.17, 15) is 13.2 Å². The summed E-state index contributed by atoms with van der Waals surface area (Å²) in [5.74, 6) is 0. The molecule has 0 N–H and O–H groups in total. The number of aromatic nitrogens is 2. The lowest BCUT2D eigenvalue weighted by atomic mass is 10.2. The Balaban J connectivity index is 2.52. The van der Waals surface area contributed by atoms with Gasteiger partial charge in [0.15, 0.2) is 0 Å². The molecular weight excluding hydrogens is 261 g/mol. The van der Waals surface area contributed by atoms with Gasteiger partial charge in [-0.3, -0.25) is 0 Å². The van der Waals surface area contributed by atoms with Crippen LogP contribution in [0.2, 0.25) is 25.7 Å². The Morgan fingerprint density at radius 2 is 1.94 bits per heavy atom. The molecule has 0 fully saturated rings. The smallest absolute Gasteiger partial charge is 0.360 e. The Labute approximate surface area is 106 Å². The topological polar surface area (TPSA) is 27.1 Å². The lowest BCUT2D eigenvalue weighted by Gasteiger charge is -2.15. The van der Waals surface area contributed by atoms with E-state index in [1.54, 1.807) is 0 Å². The fourth-order valence-corrected chi connectivity index (χ4v) is 2.14. The van der Waals surface area contributed by atoms with Crippen LogP contribution < -0.4 is 0 Å². The molecule has 3 nitrogen and oxygen atoms in total. The van der Waals surface area contributed by atoms with Crippen molar-refractivity contribution in [2.45, 2.75) is 45.5 Å². The van der Waals surface area contributed by atoms with Gasteiger partial charge in [-0.05, 0) is 13.0 Å². The minimum atomic E-state index is -4.35. The second kappa shape index (κ2) is 5.44. The van der Waals surface area contributed by atoms with Gasteiger partial charge in [-0.2, -0.15) is 18.3 Å². The summed E-state index contributed by atoms with van der Waals surface area (Å²) in [7, 11) is -1.17. The molecule has 0 radical (unpaired) electrons. The summed E-state index contributed by atoms with van der Waals surface area (Å²) in [6, 6.07) is 0.986. The minimum absolute atomic E-state index is 0.0758. The fourth-order valence-electron chi connectivity index (χ4n) is 1.38. The maximum absolute atomic E-state index is 12.5. The first kappa shape index (κ1) is 15.2. The van der Waals surface area contributed by atoms with Gasteiger partial charge in [0, 0.05) is 14.7 Å². The van der Waals surface area contributed by atoms with Crippen molar-refractivity contribution in [3.63, 3.8) is 0 Å². The van der Waals surface area contributed by atoms with Crippen LogP contribution >= 0.6 is 0 Å². The van der Waals surface area contributed by atoms with Crippen LogP contribution in [0, 0.1) is 6.92 Å². The minimum Gasteiger partial charge on any atom is -0.360 e. The Morgan fingerprint density at radius 3 is 2.39 bits per heavy atom. The molecular formula is C11H19F3N2OSi. The molecule has 1 heterocycles. The molecule has 0 atom stereocenters. The molecule has 0 spiro atoms. The number of ether oxygens (including phenoxy) is 1. The van der Waals surface area contributed by atoms with Gasteiger partial charge in [0.05, 0.1) is 17.5 Å². The average Bonchev–Trinajstić information content (AvgIpc) is 2.53. The van der Waals surface area contributed by atoms with Gasteiger partial charge in [0.2, 0.25) is 0 Å². The Bertz CT molecular complexity index is 396. The van der Waals surface area contributed by atoms with Crippen molar-refractivity contribution in [3.05, 3.63) is 17.5 Å². The number of halogens is 3. The predicted octanol–water partition coefficient (Wildman–Crippen LogP) is 3.52. The van der Waals surface area contributed by atoms with E-state index < -0.39 is 19.8 Å². The van der Waals surface area contributed by atoms with Crippen molar-refractivity contribution in [1.29, 1.82) is 0 Å². The molecule has 0 saturated carbocycles. The molecule has 0 aromatic carbocycles. The highest BCUT2D eigenvalue weighted by molar-refractivity contribution is 6.76. The number of alkyl halides is 3. The maximum Gasteiger partial charge on any atom is 0.419 e. The molecule has 0 aliphatic heterocycles. The monoisotopic (exact) mass is 280 g/mol. The lowest BCUT2D eigenvalue weighted by Crippen LogP contribution is -2.22. The van der Waals surface area contributed by atoms with Gasteiger partial charge in [-0.25, -0.2) is 4.68 Å². The van der Waals surface area contributed by atoms with Gasteiger partial charge < -0.3 is 4.74 Å². The zero-order valence-corrected chi connectivity index (χ0v) is 12.1. The normalized spacial score (nSPS) is 13.1. The van der Waals surface area contributed by atoms with Gasteiger partial charge in [-0.1, -0.05) is 19.6 Å². The molecule has 0 bridgehead atoms. The van der Waals surface area contributed by atoms with Crippen molar-refractivity contribution < 1.29 is 17.9 Å². The molecule has 0 unspecified atom stereocenters. The highest BCUT2D eigenvalue weighted by atomic mass is 28.3. The van der Waals surface area contributed by atoms with E-state index in [2.05, 4.69) is 24.7 Å². The third-order valence-electron chi connectivity index (χ3n) is 2.62. The summed E-state index contributed by atoms with van der Waals surface area (Å²) in [6.45, 7) is 8.70. The molecule has 104 valence electrons. The number of nitrogens with zero attached hydrogens (tertiary/aromatic N) is 2. The molecule has 1 aromatic heterocycles. The van der Waals surface area contributed by atoms with Gasteiger partial charge in [0.1, 0.15) is 6.73 Å². The van der Waals surface area contributed by atoms with Gasteiger partial charge >= 0.3 is 6.18 Å². The van der Waals surface area contributed by atoms with Crippen molar-refractivity contribution in [3.8, 4) is 0 Å². The van der Waals surface area contributed by atoms with E-state index in [-0.39, 0.29) is 12.4 Å².